The number of hydrogen-bond donors (Lipinski definition) is 0. The monoisotopic (exact) mass is 466 g/mol. The van der Waals surface area contributed by atoms with Crippen LogP contribution in [0.15, 0.2) is 24.8 Å². The highest BCUT2D eigenvalue weighted by molar-refractivity contribution is 7.20. The molecule has 8 heteroatoms. The zero-order chi connectivity index (χ0) is 22.7. The Hall–Kier alpha value is -2.32. The van der Waals surface area contributed by atoms with Crippen LogP contribution in [0.4, 0.5) is 11.6 Å². The number of anilines is 2. The number of nitrogens with zero attached hydrogens (tertiary/aromatic N) is 6. The normalized spacial score (nSPS) is 15.8. The SMILES string of the molecule is CC(C)(C)c1cc2ncnc(N3CCN(c4ncnc5cc(C(C)(C)C)sc45)CC3)c2s1. The second-order valence-electron chi connectivity index (χ2n) is 10.5. The minimum atomic E-state index is 0.117. The van der Waals surface area contributed by atoms with E-state index in [-0.39, 0.29) is 10.8 Å². The van der Waals surface area contributed by atoms with E-state index in [0.29, 0.717) is 0 Å². The average molecular weight is 467 g/mol. The van der Waals surface area contributed by atoms with Crippen LogP contribution in [0.25, 0.3) is 20.4 Å². The van der Waals surface area contributed by atoms with E-state index < -0.39 is 0 Å². The van der Waals surface area contributed by atoms with Gasteiger partial charge < -0.3 is 9.80 Å². The summed E-state index contributed by atoms with van der Waals surface area (Å²) < 4.78 is 2.40. The van der Waals surface area contributed by atoms with Gasteiger partial charge in [0.1, 0.15) is 24.3 Å². The first-order valence-electron chi connectivity index (χ1n) is 11.1. The van der Waals surface area contributed by atoms with Crippen LogP contribution >= 0.6 is 22.7 Å². The van der Waals surface area contributed by atoms with Gasteiger partial charge in [-0.15, -0.1) is 22.7 Å². The van der Waals surface area contributed by atoms with Crippen LogP contribution in [0.3, 0.4) is 0 Å². The van der Waals surface area contributed by atoms with Crippen molar-refractivity contribution in [3.63, 3.8) is 0 Å². The Morgan fingerprint density at radius 3 is 1.34 bits per heavy atom. The standard InChI is InChI=1S/C24H30N6S2/c1-23(2,3)17-11-15-19(31-17)21(27-13-25-15)29-7-9-30(10-8-29)22-20-16(26-14-28-22)12-18(32-20)24(4,5)6/h11-14H,7-10H2,1-6H3. The summed E-state index contributed by atoms with van der Waals surface area (Å²) in [5.74, 6) is 2.13. The molecule has 0 aromatic carbocycles. The van der Waals surface area contributed by atoms with Crippen molar-refractivity contribution in [3.8, 4) is 0 Å². The Morgan fingerprint density at radius 2 is 1.00 bits per heavy atom. The maximum atomic E-state index is 4.69. The summed E-state index contributed by atoms with van der Waals surface area (Å²) in [5, 5.41) is 0. The summed E-state index contributed by atoms with van der Waals surface area (Å²) in [5.41, 5.74) is 2.34. The Kier molecular flexibility index (Phi) is 5.13. The van der Waals surface area contributed by atoms with Crippen LogP contribution in [-0.2, 0) is 10.8 Å². The molecular weight excluding hydrogens is 436 g/mol. The van der Waals surface area contributed by atoms with E-state index in [2.05, 4.69) is 83.4 Å². The molecule has 1 aliphatic rings. The largest absolute Gasteiger partial charge is 0.352 e. The lowest BCUT2D eigenvalue weighted by molar-refractivity contribution is 0.604. The molecule has 0 N–H and O–H groups in total. The van der Waals surface area contributed by atoms with E-state index in [9.17, 15) is 0 Å². The molecule has 0 radical (unpaired) electrons. The maximum absolute atomic E-state index is 4.69. The molecule has 1 aliphatic heterocycles. The molecule has 5 heterocycles. The second kappa shape index (κ2) is 7.63. The summed E-state index contributed by atoms with van der Waals surface area (Å²) in [6.07, 6.45) is 3.41. The molecule has 5 rings (SSSR count). The van der Waals surface area contributed by atoms with Gasteiger partial charge in [-0.25, -0.2) is 19.9 Å². The Labute approximate surface area is 197 Å². The van der Waals surface area contributed by atoms with Crippen LogP contribution in [0.1, 0.15) is 51.3 Å². The maximum Gasteiger partial charge on any atom is 0.150 e. The first-order valence-corrected chi connectivity index (χ1v) is 12.7. The van der Waals surface area contributed by atoms with Crippen molar-refractivity contribution in [2.75, 3.05) is 36.0 Å². The van der Waals surface area contributed by atoms with Gasteiger partial charge in [0.25, 0.3) is 0 Å². The third-order valence-corrected chi connectivity index (χ3v) is 9.03. The third-order valence-electron chi connectivity index (χ3n) is 5.94. The number of aromatic nitrogens is 4. The fourth-order valence-electron chi connectivity index (χ4n) is 4.00. The van der Waals surface area contributed by atoms with E-state index in [4.69, 9.17) is 0 Å². The lowest BCUT2D eigenvalue weighted by Gasteiger charge is -2.36. The van der Waals surface area contributed by atoms with Gasteiger partial charge in [-0.3, -0.25) is 0 Å². The van der Waals surface area contributed by atoms with E-state index in [0.717, 1.165) is 48.8 Å². The number of rotatable bonds is 2. The first-order chi connectivity index (χ1) is 15.1. The van der Waals surface area contributed by atoms with E-state index >= 15 is 0 Å². The molecule has 1 fully saturated rings. The van der Waals surface area contributed by atoms with Gasteiger partial charge in [0.05, 0.1) is 20.4 Å². The van der Waals surface area contributed by atoms with Gasteiger partial charge >= 0.3 is 0 Å². The molecule has 0 aliphatic carbocycles. The van der Waals surface area contributed by atoms with Crippen molar-refractivity contribution in [2.24, 2.45) is 0 Å². The fraction of sp³-hybridized carbons (Fsp3) is 0.500. The van der Waals surface area contributed by atoms with E-state index in [1.54, 1.807) is 12.7 Å². The molecule has 4 aromatic rings. The Balaban J connectivity index is 1.40. The average Bonchev–Trinajstić information content (AvgIpc) is 3.37. The molecule has 6 nitrogen and oxygen atoms in total. The quantitative estimate of drug-likeness (QED) is 0.382. The Morgan fingerprint density at radius 1 is 0.625 bits per heavy atom. The van der Waals surface area contributed by atoms with Gasteiger partial charge in [0.15, 0.2) is 0 Å². The van der Waals surface area contributed by atoms with Gasteiger partial charge in [-0.2, -0.15) is 0 Å². The predicted molar refractivity (Wildman–Crippen MR) is 137 cm³/mol. The lowest BCUT2D eigenvalue weighted by atomic mass is 9.95. The van der Waals surface area contributed by atoms with Gasteiger partial charge in [-0.05, 0) is 23.0 Å². The van der Waals surface area contributed by atoms with Crippen LogP contribution in [0.5, 0.6) is 0 Å². The molecule has 0 saturated carbocycles. The topological polar surface area (TPSA) is 58.0 Å². The molecule has 0 atom stereocenters. The van der Waals surface area contributed by atoms with Gasteiger partial charge in [0.2, 0.25) is 0 Å². The van der Waals surface area contributed by atoms with Crippen molar-refractivity contribution in [1.29, 1.82) is 0 Å². The third kappa shape index (κ3) is 3.83. The number of fused-ring (bicyclic) bond motifs is 2. The number of piperazine rings is 1. The van der Waals surface area contributed by atoms with Gasteiger partial charge in [0, 0.05) is 35.9 Å². The minimum Gasteiger partial charge on any atom is -0.352 e. The summed E-state index contributed by atoms with van der Waals surface area (Å²) in [6.45, 7) is 17.2. The predicted octanol–water partition coefficient (Wildman–Crippen LogP) is 5.62. The van der Waals surface area contributed by atoms with Crippen LogP contribution in [-0.4, -0.2) is 46.1 Å². The molecule has 0 bridgehead atoms. The highest BCUT2D eigenvalue weighted by Gasteiger charge is 2.26. The lowest BCUT2D eigenvalue weighted by Crippen LogP contribution is -2.47. The summed E-state index contributed by atoms with van der Waals surface area (Å²) in [6, 6.07) is 4.45. The Bertz CT molecular complexity index is 1170. The van der Waals surface area contributed by atoms with Gasteiger partial charge in [-0.1, -0.05) is 41.5 Å². The summed E-state index contributed by atoms with van der Waals surface area (Å²) in [7, 11) is 0. The second-order valence-corrected chi connectivity index (χ2v) is 12.6. The van der Waals surface area contributed by atoms with Crippen molar-refractivity contribution in [3.05, 3.63) is 34.5 Å². The molecular formula is C24H30N6S2. The van der Waals surface area contributed by atoms with Crippen molar-refractivity contribution < 1.29 is 0 Å². The van der Waals surface area contributed by atoms with E-state index in [1.807, 2.05) is 22.7 Å². The number of hydrogen-bond acceptors (Lipinski definition) is 8. The highest BCUT2D eigenvalue weighted by atomic mass is 32.1. The zero-order valence-electron chi connectivity index (χ0n) is 19.6. The smallest absolute Gasteiger partial charge is 0.150 e. The minimum absolute atomic E-state index is 0.117. The highest BCUT2D eigenvalue weighted by Crippen LogP contribution is 2.39. The molecule has 0 amide bonds. The zero-order valence-corrected chi connectivity index (χ0v) is 21.3. The van der Waals surface area contributed by atoms with Crippen LogP contribution in [0, 0.1) is 0 Å². The molecule has 4 aromatic heterocycles. The molecule has 32 heavy (non-hydrogen) atoms. The number of thiophene rings is 2. The first kappa shape index (κ1) is 21.5. The van der Waals surface area contributed by atoms with E-state index in [1.165, 1.54) is 19.2 Å². The fourth-order valence-corrected chi connectivity index (χ4v) is 6.38. The molecule has 0 unspecified atom stereocenters. The van der Waals surface area contributed by atoms with Crippen molar-refractivity contribution in [1.82, 2.24) is 19.9 Å². The molecule has 168 valence electrons. The van der Waals surface area contributed by atoms with Crippen molar-refractivity contribution in [2.45, 2.75) is 52.4 Å². The summed E-state index contributed by atoms with van der Waals surface area (Å²) in [4.78, 5) is 25.9. The van der Waals surface area contributed by atoms with Crippen LogP contribution in [0.2, 0.25) is 0 Å². The molecule has 1 saturated heterocycles. The van der Waals surface area contributed by atoms with Crippen LogP contribution < -0.4 is 9.80 Å². The van der Waals surface area contributed by atoms with Crippen molar-refractivity contribution >= 4 is 54.7 Å². The summed E-state index contributed by atoms with van der Waals surface area (Å²) >= 11 is 3.66. The molecule has 0 spiro atoms.